The number of thiophene rings is 1. The smallest absolute Gasteiger partial charge is 0.238 e. The Bertz CT molecular complexity index is 879. The largest absolute Gasteiger partial charge is 0.363 e. The minimum atomic E-state index is -3.69. The Hall–Kier alpha value is -1.37. The number of hydrogen-bond donors (Lipinski definition) is 3. The normalized spacial score (nSPS) is 15.8. The zero-order chi connectivity index (χ0) is 19.3. The van der Waals surface area contributed by atoms with Gasteiger partial charge in [-0.15, -0.1) is 35.3 Å². The molecule has 0 saturated carbocycles. The number of hydrogen-bond acceptors (Lipinski definition) is 5. The van der Waals surface area contributed by atoms with Crippen LogP contribution in [0.25, 0.3) is 0 Å². The standard InChI is InChI=1S/C18H25N5O2S2.HI/c1-20-18(21-13-14-4-2-5-16(12-14)27(19,24)25)22-15-7-9-23(10-8-15)17-6-3-11-26-17;/h2-6,11-12,15H,7-10,13H2,1H3,(H2,19,24,25)(H2,20,21,22);1H. The van der Waals surface area contributed by atoms with Crippen molar-refractivity contribution >= 4 is 56.3 Å². The molecule has 0 atom stereocenters. The molecule has 0 radical (unpaired) electrons. The van der Waals surface area contributed by atoms with E-state index in [-0.39, 0.29) is 28.9 Å². The van der Waals surface area contributed by atoms with Gasteiger partial charge < -0.3 is 15.5 Å². The number of nitrogens with zero attached hydrogens (tertiary/aromatic N) is 2. The highest BCUT2D eigenvalue weighted by atomic mass is 127. The molecule has 1 fully saturated rings. The van der Waals surface area contributed by atoms with Gasteiger partial charge in [0.25, 0.3) is 0 Å². The maximum Gasteiger partial charge on any atom is 0.238 e. The molecule has 1 aliphatic heterocycles. The molecule has 0 unspecified atom stereocenters. The van der Waals surface area contributed by atoms with Gasteiger partial charge in [-0.05, 0) is 48.1 Å². The molecule has 7 nitrogen and oxygen atoms in total. The summed E-state index contributed by atoms with van der Waals surface area (Å²) in [4.78, 5) is 6.81. The summed E-state index contributed by atoms with van der Waals surface area (Å²) >= 11 is 1.78. The molecule has 1 aromatic carbocycles. The van der Waals surface area contributed by atoms with Crippen molar-refractivity contribution in [1.29, 1.82) is 0 Å². The van der Waals surface area contributed by atoms with E-state index in [9.17, 15) is 8.42 Å². The third-order valence-corrected chi connectivity index (χ3v) is 6.40. The van der Waals surface area contributed by atoms with Gasteiger partial charge in [-0.1, -0.05) is 12.1 Å². The van der Waals surface area contributed by atoms with Gasteiger partial charge in [0.15, 0.2) is 5.96 Å². The first-order chi connectivity index (χ1) is 13.0. The van der Waals surface area contributed by atoms with Gasteiger partial charge in [-0.2, -0.15) is 0 Å². The van der Waals surface area contributed by atoms with E-state index in [0.717, 1.165) is 31.5 Å². The predicted molar refractivity (Wildman–Crippen MR) is 126 cm³/mol. The van der Waals surface area contributed by atoms with E-state index in [0.29, 0.717) is 18.5 Å². The highest BCUT2D eigenvalue weighted by molar-refractivity contribution is 14.0. The maximum atomic E-state index is 11.5. The molecule has 1 aliphatic rings. The molecule has 1 saturated heterocycles. The van der Waals surface area contributed by atoms with Gasteiger partial charge in [0.1, 0.15) is 0 Å². The van der Waals surface area contributed by atoms with Crippen LogP contribution in [-0.4, -0.2) is 40.6 Å². The lowest BCUT2D eigenvalue weighted by molar-refractivity contribution is 0.463. The third kappa shape index (κ3) is 6.33. The van der Waals surface area contributed by atoms with Crippen LogP contribution < -0.4 is 20.7 Å². The third-order valence-electron chi connectivity index (χ3n) is 4.56. The topological polar surface area (TPSA) is 99.8 Å². The van der Waals surface area contributed by atoms with Crippen molar-refractivity contribution in [2.45, 2.75) is 30.3 Å². The number of guanidine groups is 1. The van der Waals surface area contributed by atoms with Gasteiger partial charge in [0.2, 0.25) is 10.0 Å². The number of benzene rings is 1. The Balaban J connectivity index is 0.00000280. The van der Waals surface area contributed by atoms with E-state index in [1.165, 1.54) is 11.1 Å². The van der Waals surface area contributed by atoms with Gasteiger partial charge in [-0.3, -0.25) is 4.99 Å². The SMILES string of the molecule is CN=C(NCc1cccc(S(N)(=O)=O)c1)NC1CCN(c2cccs2)CC1.I. The fourth-order valence-electron chi connectivity index (χ4n) is 3.10. The van der Waals surface area contributed by atoms with Gasteiger partial charge in [-0.25, -0.2) is 13.6 Å². The lowest BCUT2D eigenvalue weighted by atomic mass is 10.1. The number of piperidine rings is 1. The second kappa shape index (κ2) is 10.4. The summed E-state index contributed by atoms with van der Waals surface area (Å²) in [6.07, 6.45) is 2.08. The van der Waals surface area contributed by atoms with Crippen molar-refractivity contribution in [2.75, 3.05) is 25.0 Å². The summed E-state index contributed by atoms with van der Waals surface area (Å²) in [5.41, 5.74) is 0.831. The Kier molecular flexibility index (Phi) is 8.53. The summed E-state index contributed by atoms with van der Waals surface area (Å²) in [5.74, 6) is 0.714. The van der Waals surface area contributed by atoms with E-state index >= 15 is 0 Å². The van der Waals surface area contributed by atoms with Gasteiger partial charge >= 0.3 is 0 Å². The zero-order valence-corrected chi connectivity index (χ0v) is 19.6. The van der Waals surface area contributed by atoms with E-state index in [1.807, 2.05) is 6.07 Å². The Morgan fingerprint density at radius 1 is 1.29 bits per heavy atom. The highest BCUT2D eigenvalue weighted by Crippen LogP contribution is 2.24. The van der Waals surface area contributed by atoms with Crippen molar-refractivity contribution in [1.82, 2.24) is 10.6 Å². The minimum Gasteiger partial charge on any atom is -0.363 e. The molecule has 4 N–H and O–H groups in total. The zero-order valence-electron chi connectivity index (χ0n) is 15.7. The number of primary sulfonamides is 1. The van der Waals surface area contributed by atoms with E-state index in [4.69, 9.17) is 5.14 Å². The van der Waals surface area contributed by atoms with E-state index in [2.05, 4.69) is 38.0 Å². The lowest BCUT2D eigenvalue weighted by Gasteiger charge is -2.33. The summed E-state index contributed by atoms with van der Waals surface area (Å²) < 4.78 is 22.9. The van der Waals surface area contributed by atoms with Crippen LogP contribution >= 0.6 is 35.3 Å². The molecule has 0 amide bonds. The first-order valence-corrected chi connectivity index (χ1v) is 11.3. The van der Waals surface area contributed by atoms with Crippen LogP contribution in [0.5, 0.6) is 0 Å². The molecular weight excluding hydrogens is 509 g/mol. The van der Waals surface area contributed by atoms with Crippen molar-refractivity contribution in [2.24, 2.45) is 10.1 Å². The molecule has 2 heterocycles. The number of anilines is 1. The second-order valence-electron chi connectivity index (χ2n) is 6.48. The number of halogens is 1. The summed E-state index contributed by atoms with van der Waals surface area (Å²) in [6.45, 7) is 2.51. The van der Waals surface area contributed by atoms with Crippen LogP contribution in [0.2, 0.25) is 0 Å². The number of nitrogens with one attached hydrogen (secondary N) is 2. The lowest BCUT2D eigenvalue weighted by Crippen LogP contribution is -2.48. The van der Waals surface area contributed by atoms with Gasteiger partial charge in [0, 0.05) is 32.7 Å². The van der Waals surface area contributed by atoms with E-state index < -0.39 is 10.0 Å². The second-order valence-corrected chi connectivity index (χ2v) is 8.96. The Morgan fingerprint density at radius 3 is 2.64 bits per heavy atom. The molecule has 1 aromatic heterocycles. The predicted octanol–water partition coefficient (Wildman–Crippen LogP) is 2.35. The molecule has 2 aromatic rings. The van der Waals surface area contributed by atoms with E-state index in [1.54, 1.807) is 30.5 Å². The van der Waals surface area contributed by atoms with Crippen LogP contribution in [0.15, 0.2) is 51.7 Å². The number of sulfonamides is 1. The molecule has 0 bridgehead atoms. The van der Waals surface area contributed by atoms with Crippen molar-refractivity contribution < 1.29 is 8.42 Å². The van der Waals surface area contributed by atoms with Crippen molar-refractivity contribution in [3.05, 3.63) is 47.3 Å². The van der Waals surface area contributed by atoms with Crippen molar-refractivity contribution in [3.8, 4) is 0 Å². The summed E-state index contributed by atoms with van der Waals surface area (Å²) in [6, 6.07) is 11.2. The Labute approximate surface area is 187 Å². The quantitative estimate of drug-likeness (QED) is 0.310. The molecule has 0 spiro atoms. The molecule has 3 rings (SSSR count). The Morgan fingerprint density at radius 2 is 2.04 bits per heavy atom. The maximum absolute atomic E-state index is 11.5. The first kappa shape index (κ1) is 22.9. The first-order valence-electron chi connectivity index (χ1n) is 8.83. The fraction of sp³-hybridized carbons (Fsp3) is 0.389. The van der Waals surface area contributed by atoms with Crippen LogP contribution in [0.4, 0.5) is 5.00 Å². The number of rotatable bonds is 5. The van der Waals surface area contributed by atoms with Crippen LogP contribution in [-0.2, 0) is 16.6 Å². The van der Waals surface area contributed by atoms with Crippen molar-refractivity contribution in [3.63, 3.8) is 0 Å². The average Bonchev–Trinajstić information content (AvgIpc) is 3.20. The van der Waals surface area contributed by atoms with Gasteiger partial charge in [0.05, 0.1) is 9.90 Å². The fourth-order valence-corrected chi connectivity index (χ4v) is 4.47. The molecule has 154 valence electrons. The molecule has 10 heteroatoms. The van der Waals surface area contributed by atoms with Crippen LogP contribution in [0.3, 0.4) is 0 Å². The summed E-state index contributed by atoms with van der Waals surface area (Å²) in [5, 5.41) is 15.3. The molecular formula is C18H26IN5O2S2. The average molecular weight is 535 g/mol. The van der Waals surface area contributed by atoms with Crippen LogP contribution in [0, 0.1) is 0 Å². The van der Waals surface area contributed by atoms with Crippen LogP contribution in [0.1, 0.15) is 18.4 Å². The molecule has 0 aliphatic carbocycles. The summed E-state index contributed by atoms with van der Waals surface area (Å²) in [7, 11) is -1.96. The monoisotopic (exact) mass is 535 g/mol. The number of nitrogens with two attached hydrogens (primary N) is 1. The minimum absolute atomic E-state index is 0. The molecule has 28 heavy (non-hydrogen) atoms. The highest BCUT2D eigenvalue weighted by Gasteiger charge is 2.20. The number of aliphatic imine (C=N–C) groups is 1.